The van der Waals surface area contributed by atoms with Gasteiger partial charge in [-0.2, -0.15) is 0 Å². The summed E-state index contributed by atoms with van der Waals surface area (Å²) >= 11 is 0. The molecule has 0 atom stereocenters. The van der Waals surface area contributed by atoms with Crippen LogP contribution in [0.15, 0.2) is 18.2 Å². The van der Waals surface area contributed by atoms with Crippen molar-refractivity contribution in [2.24, 2.45) is 0 Å². The maximum Gasteiger partial charge on any atom is 0.305 e. The summed E-state index contributed by atoms with van der Waals surface area (Å²) in [4.78, 5) is 22.4. The summed E-state index contributed by atoms with van der Waals surface area (Å²) in [5.41, 5.74) is 1.76. The number of benzene rings is 1. The third-order valence-electron chi connectivity index (χ3n) is 2.83. The summed E-state index contributed by atoms with van der Waals surface area (Å²) in [7, 11) is 0. The van der Waals surface area contributed by atoms with Gasteiger partial charge in [-0.25, -0.2) is 0 Å². The van der Waals surface area contributed by atoms with Gasteiger partial charge >= 0.3 is 5.97 Å². The minimum Gasteiger partial charge on any atom is -0.482 e. The van der Waals surface area contributed by atoms with Crippen molar-refractivity contribution in [3.05, 3.63) is 23.8 Å². The zero-order valence-corrected chi connectivity index (χ0v) is 10.9. The number of fused-ring (bicyclic) bond motifs is 1. The van der Waals surface area contributed by atoms with E-state index in [-0.39, 0.29) is 18.5 Å². The highest BCUT2D eigenvalue weighted by Gasteiger charge is 2.15. The molecule has 0 radical (unpaired) electrons. The van der Waals surface area contributed by atoms with Crippen LogP contribution in [0.5, 0.6) is 5.75 Å². The summed E-state index contributed by atoms with van der Waals surface area (Å²) in [6.45, 7) is 2.28. The minimum absolute atomic E-state index is 0.0647. The molecule has 102 valence electrons. The molecule has 1 amide bonds. The highest BCUT2D eigenvalue weighted by Crippen LogP contribution is 2.28. The van der Waals surface area contributed by atoms with Gasteiger partial charge in [-0.3, -0.25) is 9.59 Å². The van der Waals surface area contributed by atoms with Crippen LogP contribution in [0.4, 0.5) is 5.69 Å². The van der Waals surface area contributed by atoms with Crippen molar-refractivity contribution in [3.8, 4) is 5.75 Å². The first kappa shape index (κ1) is 13.4. The van der Waals surface area contributed by atoms with Crippen LogP contribution >= 0.6 is 0 Å². The van der Waals surface area contributed by atoms with E-state index < -0.39 is 0 Å². The maximum absolute atomic E-state index is 11.2. The molecule has 0 unspecified atom stereocenters. The number of nitrogens with one attached hydrogen (secondary N) is 1. The van der Waals surface area contributed by atoms with Gasteiger partial charge in [-0.1, -0.05) is 6.07 Å². The van der Waals surface area contributed by atoms with Crippen LogP contribution in [0, 0.1) is 0 Å². The largest absolute Gasteiger partial charge is 0.482 e. The highest BCUT2D eigenvalue weighted by molar-refractivity contribution is 5.95. The Morgan fingerprint density at radius 3 is 3.11 bits per heavy atom. The molecule has 1 aromatic carbocycles. The Balaban J connectivity index is 1.89. The number of ether oxygens (including phenoxy) is 2. The van der Waals surface area contributed by atoms with Crippen LogP contribution in [-0.2, 0) is 20.7 Å². The van der Waals surface area contributed by atoms with Gasteiger partial charge in [-0.05, 0) is 37.5 Å². The van der Waals surface area contributed by atoms with Crippen LogP contribution in [0.3, 0.4) is 0 Å². The van der Waals surface area contributed by atoms with E-state index in [1.54, 1.807) is 6.92 Å². The number of aryl methyl sites for hydroxylation is 1. The second-order valence-electron chi connectivity index (χ2n) is 4.33. The molecule has 1 heterocycles. The molecule has 0 spiro atoms. The number of anilines is 1. The smallest absolute Gasteiger partial charge is 0.305 e. The molecular formula is C14H17NO4. The summed E-state index contributed by atoms with van der Waals surface area (Å²) in [5.74, 6) is 0.377. The third kappa shape index (κ3) is 3.71. The van der Waals surface area contributed by atoms with E-state index in [2.05, 4.69) is 5.32 Å². The van der Waals surface area contributed by atoms with Gasteiger partial charge in [0, 0.05) is 6.42 Å². The van der Waals surface area contributed by atoms with E-state index in [0.717, 1.165) is 18.4 Å². The molecule has 1 aliphatic heterocycles. The lowest BCUT2D eigenvalue weighted by Crippen LogP contribution is -2.25. The Hall–Kier alpha value is -2.04. The normalized spacial score (nSPS) is 13.2. The van der Waals surface area contributed by atoms with Crippen LogP contribution in [0.1, 0.15) is 25.3 Å². The molecule has 2 rings (SSSR count). The van der Waals surface area contributed by atoms with Crippen molar-refractivity contribution < 1.29 is 19.1 Å². The molecule has 0 saturated heterocycles. The van der Waals surface area contributed by atoms with Crippen molar-refractivity contribution in [2.45, 2.75) is 26.2 Å². The summed E-state index contributed by atoms with van der Waals surface area (Å²) in [5, 5.41) is 2.76. The number of hydrogen-bond acceptors (Lipinski definition) is 4. The SMILES string of the molecule is CCOC(=O)CCCc1ccc2c(c1)NC(=O)CO2. The molecule has 0 aliphatic carbocycles. The van der Waals surface area contributed by atoms with Gasteiger partial charge in [0.2, 0.25) is 0 Å². The Kier molecular flexibility index (Phi) is 4.39. The molecule has 5 nitrogen and oxygen atoms in total. The van der Waals surface area contributed by atoms with E-state index >= 15 is 0 Å². The number of hydrogen-bond donors (Lipinski definition) is 1. The fourth-order valence-electron chi connectivity index (χ4n) is 1.96. The molecular weight excluding hydrogens is 246 g/mol. The molecule has 1 aromatic rings. The highest BCUT2D eigenvalue weighted by atomic mass is 16.5. The van der Waals surface area contributed by atoms with Crippen molar-refractivity contribution in [1.82, 2.24) is 0 Å². The predicted octanol–water partition coefficient (Wildman–Crippen LogP) is 1.90. The van der Waals surface area contributed by atoms with Crippen LogP contribution in [0.2, 0.25) is 0 Å². The maximum atomic E-state index is 11.2. The number of carbonyl (C=O) groups is 2. The Labute approximate surface area is 111 Å². The second kappa shape index (κ2) is 6.22. The summed E-state index contributed by atoms with van der Waals surface area (Å²) in [6.07, 6.45) is 1.90. The summed E-state index contributed by atoms with van der Waals surface area (Å²) < 4.78 is 10.1. The molecule has 5 heteroatoms. The molecule has 0 saturated carbocycles. The first-order valence-corrected chi connectivity index (χ1v) is 6.40. The van der Waals surface area contributed by atoms with Gasteiger partial charge in [-0.15, -0.1) is 0 Å². The minimum atomic E-state index is -0.169. The lowest BCUT2D eigenvalue weighted by Gasteiger charge is -2.18. The Morgan fingerprint density at radius 1 is 1.47 bits per heavy atom. The van der Waals surface area contributed by atoms with Crippen LogP contribution in [-0.4, -0.2) is 25.1 Å². The van der Waals surface area contributed by atoms with E-state index in [1.807, 2.05) is 18.2 Å². The molecule has 19 heavy (non-hydrogen) atoms. The van der Waals surface area contributed by atoms with Crippen molar-refractivity contribution >= 4 is 17.6 Å². The zero-order valence-electron chi connectivity index (χ0n) is 10.9. The Bertz CT molecular complexity index is 484. The molecule has 0 bridgehead atoms. The van der Waals surface area contributed by atoms with E-state index in [0.29, 0.717) is 24.5 Å². The van der Waals surface area contributed by atoms with Crippen molar-refractivity contribution in [1.29, 1.82) is 0 Å². The Morgan fingerprint density at radius 2 is 2.32 bits per heavy atom. The first-order chi connectivity index (χ1) is 9.19. The van der Waals surface area contributed by atoms with E-state index in [1.165, 1.54) is 0 Å². The fourth-order valence-corrected chi connectivity index (χ4v) is 1.96. The van der Waals surface area contributed by atoms with Gasteiger partial charge in [0.25, 0.3) is 5.91 Å². The monoisotopic (exact) mass is 263 g/mol. The molecule has 0 fully saturated rings. The number of esters is 1. The standard InChI is InChI=1S/C14H17NO4/c1-2-18-14(17)5-3-4-10-6-7-12-11(8-10)15-13(16)9-19-12/h6-8H,2-5,9H2,1H3,(H,15,16). The van der Waals surface area contributed by atoms with Crippen LogP contribution < -0.4 is 10.1 Å². The average molecular weight is 263 g/mol. The quantitative estimate of drug-likeness (QED) is 0.824. The predicted molar refractivity (Wildman–Crippen MR) is 70.1 cm³/mol. The van der Waals surface area contributed by atoms with E-state index in [4.69, 9.17) is 9.47 Å². The first-order valence-electron chi connectivity index (χ1n) is 6.40. The van der Waals surface area contributed by atoms with Gasteiger partial charge < -0.3 is 14.8 Å². The van der Waals surface area contributed by atoms with Gasteiger partial charge in [0.15, 0.2) is 6.61 Å². The fraction of sp³-hybridized carbons (Fsp3) is 0.429. The molecule has 1 N–H and O–H groups in total. The lowest BCUT2D eigenvalue weighted by molar-refractivity contribution is -0.143. The van der Waals surface area contributed by atoms with Gasteiger partial charge in [0.1, 0.15) is 5.75 Å². The van der Waals surface area contributed by atoms with Crippen LogP contribution in [0.25, 0.3) is 0 Å². The number of carbonyl (C=O) groups excluding carboxylic acids is 2. The van der Waals surface area contributed by atoms with Gasteiger partial charge in [0.05, 0.1) is 12.3 Å². The van der Waals surface area contributed by atoms with Crippen molar-refractivity contribution in [3.63, 3.8) is 0 Å². The average Bonchev–Trinajstić information content (AvgIpc) is 2.38. The zero-order chi connectivity index (χ0) is 13.7. The molecule has 0 aromatic heterocycles. The van der Waals surface area contributed by atoms with Crippen molar-refractivity contribution in [2.75, 3.05) is 18.5 Å². The summed E-state index contributed by atoms with van der Waals surface area (Å²) in [6, 6.07) is 5.67. The third-order valence-corrected chi connectivity index (χ3v) is 2.83. The van der Waals surface area contributed by atoms with E-state index in [9.17, 15) is 9.59 Å². The number of amides is 1. The topological polar surface area (TPSA) is 64.6 Å². The molecule has 1 aliphatic rings. The lowest BCUT2D eigenvalue weighted by atomic mass is 10.1. The second-order valence-corrected chi connectivity index (χ2v) is 4.33. The number of rotatable bonds is 5.